The van der Waals surface area contributed by atoms with Crippen LogP contribution in [-0.4, -0.2) is 11.2 Å². The first kappa shape index (κ1) is 23.2. The van der Waals surface area contributed by atoms with Crippen LogP contribution in [0, 0.1) is 6.07 Å². The number of aromatic nitrogens is 3. The number of benzene rings is 2. The molecule has 4 nitrogen and oxygen atoms in total. The van der Waals surface area contributed by atoms with Crippen molar-refractivity contribution in [3.8, 4) is 22.3 Å². The minimum Gasteiger partial charge on any atom is -0.665 e. The molecule has 0 N–H and O–H groups in total. The molecule has 8 bridgehead atoms. The number of nitrogens with zero attached hydrogens (tertiary/aromatic N) is 4. The van der Waals surface area contributed by atoms with E-state index in [4.69, 9.17) is 19.9 Å². The van der Waals surface area contributed by atoms with Gasteiger partial charge < -0.3 is 15.0 Å². The van der Waals surface area contributed by atoms with Crippen LogP contribution < -0.4 is 9.97 Å². The van der Waals surface area contributed by atoms with Crippen molar-refractivity contribution < 1.29 is 22.4 Å². The SMILES string of the molecule is [Ag].[c-]1c2c(-c3ccccc3)c3ccc(cc4nc(cc5ccc([n-]5)c(-c5ccccc5)c1N=C2)C=C4)[n-]3. The van der Waals surface area contributed by atoms with E-state index in [1.807, 2.05) is 85.1 Å². The van der Waals surface area contributed by atoms with Gasteiger partial charge in [0.05, 0.1) is 11.4 Å². The number of aliphatic imine (C=N–C) groups is 1. The van der Waals surface area contributed by atoms with Crippen LogP contribution in [0.1, 0.15) is 17.0 Å². The average molecular weight is 567 g/mol. The fourth-order valence-corrected chi connectivity index (χ4v) is 4.69. The molecule has 181 valence electrons. The van der Waals surface area contributed by atoms with Gasteiger partial charge in [-0.05, 0) is 24.1 Å². The molecule has 0 fully saturated rings. The third-order valence-electron chi connectivity index (χ3n) is 6.32. The molecule has 3 aromatic heterocycles. The molecule has 0 amide bonds. The largest absolute Gasteiger partial charge is 0.665 e. The molecule has 0 saturated carbocycles. The molecule has 5 heterocycles. The summed E-state index contributed by atoms with van der Waals surface area (Å²) in [5, 5.41) is 0. The fourth-order valence-electron chi connectivity index (χ4n) is 4.69. The Bertz CT molecular complexity index is 1700. The Kier molecular flexibility index (Phi) is 6.07. The maximum Gasteiger partial charge on any atom is 0.0625 e. The summed E-state index contributed by atoms with van der Waals surface area (Å²) in [6.45, 7) is 0. The fraction of sp³-hybridized carbons (Fsp3) is 0. The van der Waals surface area contributed by atoms with Crippen molar-refractivity contribution in [3.05, 3.63) is 120 Å². The van der Waals surface area contributed by atoms with Crippen molar-refractivity contribution in [1.82, 2.24) is 15.0 Å². The molecule has 0 unspecified atom stereocenters. The molecular weight excluding hydrogens is 548 g/mol. The summed E-state index contributed by atoms with van der Waals surface area (Å²) in [5.74, 6) is 0. The Labute approximate surface area is 230 Å². The van der Waals surface area contributed by atoms with Gasteiger partial charge in [0.15, 0.2) is 0 Å². The van der Waals surface area contributed by atoms with E-state index >= 15 is 0 Å². The van der Waals surface area contributed by atoms with Gasteiger partial charge in [-0.1, -0.05) is 114 Å². The zero-order valence-corrected chi connectivity index (χ0v) is 21.0. The summed E-state index contributed by atoms with van der Waals surface area (Å²) >= 11 is 0. The molecular formula is C32H19AgN4-3. The normalized spacial score (nSPS) is 11.9. The van der Waals surface area contributed by atoms with Gasteiger partial charge in [0.1, 0.15) is 0 Å². The van der Waals surface area contributed by atoms with Gasteiger partial charge in [-0.2, -0.15) is 11.0 Å². The Morgan fingerprint density at radius 2 is 1.14 bits per heavy atom. The van der Waals surface area contributed by atoms with Crippen LogP contribution >= 0.6 is 0 Å². The molecule has 1 radical (unpaired) electrons. The molecule has 2 aliphatic heterocycles. The summed E-state index contributed by atoms with van der Waals surface area (Å²) < 4.78 is 0. The van der Waals surface area contributed by atoms with Crippen molar-refractivity contribution >= 4 is 46.1 Å². The standard InChI is InChI=1S/C32H19N4.Ag/c1-3-7-21(8-4-1)31-23-17-30(33-20-23)32(22-9-5-2-6-10-22)29-16-14-27(36-29)19-25-12-11-24(34-25)18-26-13-15-28(31)35-26;/h1-16,18-20H;/q-3;. The van der Waals surface area contributed by atoms with Crippen LogP contribution in [0.3, 0.4) is 0 Å². The zero-order chi connectivity index (χ0) is 23.9. The van der Waals surface area contributed by atoms with Crippen LogP contribution in [0.2, 0.25) is 0 Å². The van der Waals surface area contributed by atoms with E-state index in [0.717, 1.165) is 67.0 Å². The topological polar surface area (TPSA) is 53.5 Å². The molecule has 0 atom stereocenters. The van der Waals surface area contributed by atoms with Gasteiger partial charge in [-0.25, -0.2) is 4.98 Å². The quantitative estimate of drug-likeness (QED) is 0.164. The van der Waals surface area contributed by atoms with Gasteiger partial charge >= 0.3 is 0 Å². The zero-order valence-electron chi connectivity index (χ0n) is 19.6. The van der Waals surface area contributed by atoms with Gasteiger partial charge in [0, 0.05) is 22.4 Å². The second-order valence-corrected chi connectivity index (χ2v) is 8.72. The van der Waals surface area contributed by atoms with Crippen LogP contribution in [-0.2, 0) is 22.4 Å². The Balaban J connectivity index is 0.00000252. The summed E-state index contributed by atoms with van der Waals surface area (Å²) in [5.41, 5.74) is 10.9. The second kappa shape index (κ2) is 9.68. The van der Waals surface area contributed by atoms with Crippen molar-refractivity contribution in [2.24, 2.45) is 4.99 Å². The van der Waals surface area contributed by atoms with Gasteiger partial charge in [0.2, 0.25) is 0 Å². The van der Waals surface area contributed by atoms with Crippen molar-refractivity contribution in [3.63, 3.8) is 0 Å². The van der Waals surface area contributed by atoms with E-state index < -0.39 is 0 Å². The van der Waals surface area contributed by atoms with Crippen molar-refractivity contribution in [2.45, 2.75) is 0 Å². The van der Waals surface area contributed by atoms with Crippen molar-refractivity contribution in [2.75, 3.05) is 0 Å². The van der Waals surface area contributed by atoms with Gasteiger partial charge in [0.25, 0.3) is 0 Å². The number of hydrogen-bond acceptors (Lipinski definition) is 2. The molecule has 7 rings (SSSR count). The van der Waals surface area contributed by atoms with E-state index in [-0.39, 0.29) is 22.4 Å². The Morgan fingerprint density at radius 1 is 0.595 bits per heavy atom. The molecule has 37 heavy (non-hydrogen) atoms. The minimum atomic E-state index is 0. The molecule has 5 heteroatoms. The molecule has 0 aliphatic carbocycles. The Hall–Kier alpha value is -4.22. The molecule has 2 aliphatic rings. The summed E-state index contributed by atoms with van der Waals surface area (Å²) in [4.78, 5) is 19.5. The second-order valence-electron chi connectivity index (χ2n) is 8.72. The third-order valence-corrected chi connectivity index (χ3v) is 6.32. The average Bonchev–Trinajstić information content (AvgIpc) is 3.72. The molecule has 0 saturated heterocycles. The van der Waals surface area contributed by atoms with Crippen molar-refractivity contribution in [1.29, 1.82) is 0 Å². The summed E-state index contributed by atoms with van der Waals surface area (Å²) in [6, 6.07) is 36.3. The van der Waals surface area contributed by atoms with Gasteiger partial charge in [-0.15, -0.1) is 28.2 Å². The van der Waals surface area contributed by atoms with E-state index in [9.17, 15) is 0 Å². The van der Waals surface area contributed by atoms with Crippen LogP contribution in [0.15, 0.2) is 102 Å². The first-order chi connectivity index (χ1) is 17.8. The predicted molar refractivity (Wildman–Crippen MR) is 147 cm³/mol. The summed E-state index contributed by atoms with van der Waals surface area (Å²) in [6.07, 6.45) is 5.90. The Morgan fingerprint density at radius 3 is 1.73 bits per heavy atom. The van der Waals surface area contributed by atoms with Crippen LogP contribution in [0.25, 0.3) is 56.5 Å². The van der Waals surface area contributed by atoms with E-state index in [1.54, 1.807) is 0 Å². The molecule has 5 aromatic rings. The van der Waals surface area contributed by atoms with E-state index in [0.29, 0.717) is 0 Å². The van der Waals surface area contributed by atoms with E-state index in [2.05, 4.69) is 36.4 Å². The predicted octanol–water partition coefficient (Wildman–Crippen LogP) is 7.23. The maximum atomic E-state index is 4.94. The maximum absolute atomic E-state index is 4.94. The third kappa shape index (κ3) is 4.43. The smallest absolute Gasteiger partial charge is 0.0625 e. The van der Waals surface area contributed by atoms with Crippen LogP contribution in [0.4, 0.5) is 5.69 Å². The van der Waals surface area contributed by atoms with Gasteiger partial charge in [-0.3, -0.25) is 0 Å². The molecule has 2 aromatic carbocycles. The first-order valence-electron chi connectivity index (χ1n) is 11.8. The molecule has 0 spiro atoms. The number of fused-ring (bicyclic) bond motifs is 8. The monoisotopic (exact) mass is 566 g/mol. The first-order valence-corrected chi connectivity index (χ1v) is 11.8. The van der Waals surface area contributed by atoms with E-state index in [1.165, 1.54) is 0 Å². The van der Waals surface area contributed by atoms with Crippen LogP contribution in [0.5, 0.6) is 0 Å². The minimum absolute atomic E-state index is 0. The number of rotatable bonds is 2. The summed E-state index contributed by atoms with van der Waals surface area (Å²) in [7, 11) is 0. The number of hydrogen-bond donors (Lipinski definition) is 0.